The van der Waals surface area contributed by atoms with E-state index in [1.165, 1.54) is 13.2 Å². The lowest BCUT2D eigenvalue weighted by molar-refractivity contribution is -0.175. The first-order valence-corrected chi connectivity index (χ1v) is 6.42. The lowest BCUT2D eigenvalue weighted by Gasteiger charge is -2.18. The first-order chi connectivity index (χ1) is 10.5. The molecule has 7 nitrogen and oxygen atoms in total. The number of aliphatic hydroxyl groups excluding tert-OH is 1. The van der Waals surface area contributed by atoms with Crippen LogP contribution in [0.25, 0.3) is 0 Å². The second-order valence-electron chi connectivity index (χ2n) is 4.28. The zero-order chi connectivity index (χ0) is 16.5. The molecule has 0 aliphatic rings. The zero-order valence-electron chi connectivity index (χ0n) is 12.1. The summed E-state index contributed by atoms with van der Waals surface area (Å²) in [6, 6.07) is 6.73. The maximum absolute atomic E-state index is 11.5. The van der Waals surface area contributed by atoms with Gasteiger partial charge in [0.2, 0.25) is 0 Å². The Balaban J connectivity index is 2.65. The van der Waals surface area contributed by atoms with E-state index in [9.17, 15) is 14.7 Å². The number of rotatable bonds is 9. The van der Waals surface area contributed by atoms with E-state index < -0.39 is 24.1 Å². The second-order valence-corrected chi connectivity index (χ2v) is 4.28. The molecule has 0 fully saturated rings. The molecule has 7 heteroatoms. The number of carbonyl (C=O) groups is 2. The quantitative estimate of drug-likeness (QED) is 0.512. The van der Waals surface area contributed by atoms with Gasteiger partial charge in [0.15, 0.2) is 12.2 Å². The van der Waals surface area contributed by atoms with Gasteiger partial charge in [0, 0.05) is 0 Å². The number of esters is 1. The van der Waals surface area contributed by atoms with Crippen molar-refractivity contribution in [2.24, 2.45) is 0 Å². The Morgan fingerprint density at radius 1 is 1.32 bits per heavy atom. The van der Waals surface area contributed by atoms with Crippen molar-refractivity contribution >= 4 is 11.9 Å². The Labute approximate surface area is 127 Å². The van der Waals surface area contributed by atoms with Gasteiger partial charge < -0.3 is 24.4 Å². The third-order valence-electron chi connectivity index (χ3n) is 2.70. The summed E-state index contributed by atoms with van der Waals surface area (Å²) in [5, 5.41) is 18.7. The van der Waals surface area contributed by atoms with Crippen molar-refractivity contribution in [3.8, 4) is 5.75 Å². The van der Waals surface area contributed by atoms with Crippen LogP contribution in [0.2, 0.25) is 0 Å². The van der Waals surface area contributed by atoms with E-state index in [1.807, 2.05) is 0 Å². The number of ether oxygens (including phenoxy) is 3. The van der Waals surface area contributed by atoms with E-state index in [0.717, 1.165) is 0 Å². The number of aliphatic hydroxyl groups is 1. The van der Waals surface area contributed by atoms with E-state index in [-0.39, 0.29) is 13.2 Å². The fourth-order valence-electron chi connectivity index (χ4n) is 1.56. The summed E-state index contributed by atoms with van der Waals surface area (Å²) in [4.78, 5) is 22.6. The topological polar surface area (TPSA) is 102 Å². The van der Waals surface area contributed by atoms with Crippen LogP contribution in [0.3, 0.4) is 0 Å². The Hall–Kier alpha value is -2.38. The van der Waals surface area contributed by atoms with E-state index in [1.54, 1.807) is 24.3 Å². The number of carboxylic acid groups (broad SMARTS) is 1. The van der Waals surface area contributed by atoms with Gasteiger partial charge in [-0.1, -0.05) is 24.8 Å². The van der Waals surface area contributed by atoms with Crippen LogP contribution in [-0.4, -0.2) is 48.1 Å². The van der Waals surface area contributed by atoms with Crippen LogP contribution in [0, 0.1) is 0 Å². The molecule has 0 heterocycles. The van der Waals surface area contributed by atoms with Crippen molar-refractivity contribution in [1.29, 1.82) is 0 Å². The molecule has 0 amide bonds. The monoisotopic (exact) mass is 310 g/mol. The minimum atomic E-state index is -1.92. The highest BCUT2D eigenvalue weighted by Gasteiger charge is 2.34. The molecule has 0 aliphatic carbocycles. The highest BCUT2D eigenvalue weighted by molar-refractivity contribution is 5.84. The van der Waals surface area contributed by atoms with E-state index in [0.29, 0.717) is 11.3 Å². The fourth-order valence-corrected chi connectivity index (χ4v) is 1.56. The van der Waals surface area contributed by atoms with Crippen molar-refractivity contribution in [2.75, 3.05) is 13.7 Å². The average Bonchev–Trinajstić information content (AvgIpc) is 2.52. The van der Waals surface area contributed by atoms with Crippen LogP contribution < -0.4 is 4.74 Å². The molecule has 1 aromatic carbocycles. The smallest absolute Gasteiger partial charge is 0.338 e. The maximum atomic E-state index is 11.5. The molecule has 120 valence electrons. The average molecular weight is 310 g/mol. The molecule has 0 radical (unpaired) electrons. The zero-order valence-corrected chi connectivity index (χ0v) is 12.1. The third-order valence-corrected chi connectivity index (χ3v) is 2.70. The number of hydrogen-bond donors (Lipinski definition) is 2. The fraction of sp³-hybridized carbons (Fsp3) is 0.333. The lowest BCUT2D eigenvalue weighted by atomic mass is 10.2. The van der Waals surface area contributed by atoms with Gasteiger partial charge in [0.25, 0.3) is 0 Å². The first-order valence-electron chi connectivity index (χ1n) is 6.42. The number of methoxy groups -OCH3 is 1. The number of aliphatic carboxylic acids is 1. The number of hydrogen-bond acceptors (Lipinski definition) is 6. The molecule has 0 saturated heterocycles. The van der Waals surface area contributed by atoms with E-state index in [4.69, 9.17) is 14.6 Å². The summed E-state index contributed by atoms with van der Waals surface area (Å²) in [6.45, 7) is 3.13. The largest absolute Gasteiger partial charge is 0.497 e. The summed E-state index contributed by atoms with van der Waals surface area (Å²) in [5.74, 6) is -1.90. The predicted molar refractivity (Wildman–Crippen MR) is 76.4 cm³/mol. The first kappa shape index (κ1) is 17.7. The van der Waals surface area contributed by atoms with Gasteiger partial charge in [-0.3, -0.25) is 0 Å². The van der Waals surface area contributed by atoms with Gasteiger partial charge in [-0.2, -0.15) is 0 Å². The minimum absolute atomic E-state index is 0.0905. The van der Waals surface area contributed by atoms with E-state index >= 15 is 0 Å². The summed E-state index contributed by atoms with van der Waals surface area (Å²) >= 11 is 0. The van der Waals surface area contributed by atoms with Crippen LogP contribution in [-0.2, 0) is 25.7 Å². The molecule has 0 bridgehead atoms. The Morgan fingerprint density at radius 3 is 2.45 bits per heavy atom. The molecule has 1 rings (SSSR count). The molecule has 0 saturated carbocycles. The minimum Gasteiger partial charge on any atom is -0.497 e. The molecule has 22 heavy (non-hydrogen) atoms. The van der Waals surface area contributed by atoms with Crippen LogP contribution in [0.15, 0.2) is 36.9 Å². The summed E-state index contributed by atoms with van der Waals surface area (Å²) in [5.41, 5.74) is 0.665. The van der Waals surface area contributed by atoms with Gasteiger partial charge in [-0.15, -0.1) is 0 Å². The highest BCUT2D eigenvalue weighted by Crippen LogP contribution is 2.13. The van der Waals surface area contributed by atoms with Crippen LogP contribution in [0.4, 0.5) is 0 Å². The van der Waals surface area contributed by atoms with Crippen molar-refractivity contribution in [1.82, 2.24) is 0 Å². The molecule has 0 aliphatic heterocycles. The summed E-state index contributed by atoms with van der Waals surface area (Å²) < 4.78 is 14.7. The van der Waals surface area contributed by atoms with Crippen LogP contribution in [0.5, 0.6) is 5.75 Å². The van der Waals surface area contributed by atoms with Crippen LogP contribution in [0.1, 0.15) is 5.56 Å². The van der Waals surface area contributed by atoms with Gasteiger partial charge in [-0.05, 0) is 17.7 Å². The third kappa shape index (κ3) is 5.19. The highest BCUT2D eigenvalue weighted by atomic mass is 16.6. The molecule has 0 unspecified atom stereocenters. The summed E-state index contributed by atoms with van der Waals surface area (Å²) in [6.07, 6.45) is -2.34. The van der Waals surface area contributed by atoms with Gasteiger partial charge in [-0.25, -0.2) is 9.59 Å². The van der Waals surface area contributed by atoms with Gasteiger partial charge in [0.05, 0.1) is 13.7 Å². The number of carboxylic acids is 1. The van der Waals surface area contributed by atoms with Gasteiger partial charge >= 0.3 is 11.9 Å². The van der Waals surface area contributed by atoms with Gasteiger partial charge in [0.1, 0.15) is 12.4 Å². The lowest BCUT2D eigenvalue weighted by Crippen LogP contribution is -2.42. The number of carbonyl (C=O) groups excluding carboxylic acids is 1. The second kappa shape index (κ2) is 8.81. The predicted octanol–water partition coefficient (Wildman–Crippen LogP) is 0.755. The summed E-state index contributed by atoms with van der Waals surface area (Å²) in [7, 11) is 1.52. The number of benzene rings is 1. The molecule has 2 N–H and O–H groups in total. The molecule has 0 aromatic heterocycles. The molecule has 0 spiro atoms. The Bertz CT molecular complexity index is 509. The molecular formula is C15H18O7. The standard InChI is InChI=1S/C15H18O7/c1-3-8-21-15(19)12(16)13(14(17)18)22-9-10-4-6-11(20-2)7-5-10/h3-7,12-13,16H,1,8-9H2,2H3,(H,17,18)/t12-,13-/m1/s1. The molecule has 1 aromatic rings. The van der Waals surface area contributed by atoms with Crippen molar-refractivity contribution < 1.29 is 34.0 Å². The molecule has 2 atom stereocenters. The van der Waals surface area contributed by atoms with Crippen molar-refractivity contribution in [3.63, 3.8) is 0 Å². The normalized spacial score (nSPS) is 13.0. The SMILES string of the molecule is C=CCOC(=O)[C@H](O)[C@@H](OCc1ccc(OC)cc1)C(=O)O. The van der Waals surface area contributed by atoms with Crippen molar-refractivity contribution in [3.05, 3.63) is 42.5 Å². The Kier molecular flexibility index (Phi) is 7.07. The van der Waals surface area contributed by atoms with E-state index in [2.05, 4.69) is 11.3 Å². The Morgan fingerprint density at radius 2 is 1.95 bits per heavy atom. The maximum Gasteiger partial charge on any atom is 0.338 e. The molecular weight excluding hydrogens is 292 g/mol. The van der Waals surface area contributed by atoms with Crippen molar-refractivity contribution in [2.45, 2.75) is 18.8 Å². The van der Waals surface area contributed by atoms with Crippen LogP contribution >= 0.6 is 0 Å².